The monoisotopic (exact) mass is 386 g/mol. The smallest absolute Gasteiger partial charge is 0.338 e. The van der Waals surface area contributed by atoms with Crippen LogP contribution in [0, 0.1) is 0 Å². The van der Waals surface area contributed by atoms with Crippen molar-refractivity contribution < 1.29 is 14.3 Å². The molecular weight excluding hydrogens is 367 g/mol. The van der Waals surface area contributed by atoms with Gasteiger partial charge in [0.1, 0.15) is 6.04 Å². The number of carbonyl (C=O) groups excluding carboxylic acids is 2. The van der Waals surface area contributed by atoms with Gasteiger partial charge in [-0.2, -0.15) is 0 Å². The molecule has 0 radical (unpaired) electrons. The summed E-state index contributed by atoms with van der Waals surface area (Å²) in [5.74, 6) is -0.473. The minimum absolute atomic E-state index is 0. The fourth-order valence-corrected chi connectivity index (χ4v) is 2.62. The first-order valence-corrected chi connectivity index (χ1v) is 7.41. The van der Waals surface area contributed by atoms with Gasteiger partial charge in [0.2, 0.25) is 5.91 Å². The highest BCUT2D eigenvalue weighted by molar-refractivity contribution is 6.07. The van der Waals surface area contributed by atoms with E-state index >= 15 is 0 Å². The van der Waals surface area contributed by atoms with Crippen LogP contribution in [0.15, 0.2) is 30.5 Å². The van der Waals surface area contributed by atoms with E-state index in [9.17, 15) is 9.59 Å². The number of methoxy groups -OCH3 is 1. The van der Waals surface area contributed by atoms with Crippen molar-refractivity contribution in [3.63, 3.8) is 0 Å². The Kier molecular flexibility index (Phi) is 7.89. The molecule has 1 aromatic heterocycles. The number of pyridine rings is 1. The lowest BCUT2D eigenvalue weighted by Crippen LogP contribution is -2.41. The first-order chi connectivity index (χ1) is 11.2. The van der Waals surface area contributed by atoms with Gasteiger partial charge >= 0.3 is 5.97 Å². The molecule has 0 aliphatic carbocycles. The molecule has 1 saturated heterocycles. The molecule has 2 heterocycles. The Bertz CT molecular complexity index is 757. The minimum atomic E-state index is -0.413. The number of nitrogens with one attached hydrogen (secondary N) is 3. The van der Waals surface area contributed by atoms with Gasteiger partial charge in [0.25, 0.3) is 0 Å². The number of halogens is 2. The number of amides is 1. The van der Waals surface area contributed by atoms with E-state index in [-0.39, 0.29) is 30.7 Å². The SMILES string of the molecule is COC(=O)c1ccc(NC2CNCCNC2=O)c2ncccc12.Cl.Cl. The lowest BCUT2D eigenvalue weighted by atomic mass is 10.1. The quantitative estimate of drug-likeness (QED) is 0.689. The molecule has 1 atom stereocenters. The third-order valence-electron chi connectivity index (χ3n) is 3.77. The molecule has 25 heavy (non-hydrogen) atoms. The number of rotatable bonds is 3. The maximum Gasteiger partial charge on any atom is 0.338 e. The highest BCUT2D eigenvalue weighted by atomic mass is 35.5. The van der Waals surface area contributed by atoms with E-state index in [1.165, 1.54) is 7.11 Å². The van der Waals surface area contributed by atoms with Gasteiger partial charge in [0, 0.05) is 31.2 Å². The predicted octanol–water partition coefficient (Wildman–Crippen LogP) is 1.36. The molecule has 3 N–H and O–H groups in total. The van der Waals surface area contributed by atoms with Crippen LogP contribution in [0.2, 0.25) is 0 Å². The molecule has 1 aliphatic heterocycles. The lowest BCUT2D eigenvalue weighted by molar-refractivity contribution is -0.121. The van der Waals surface area contributed by atoms with Gasteiger partial charge in [-0.1, -0.05) is 6.07 Å². The van der Waals surface area contributed by atoms with Gasteiger partial charge in [-0.25, -0.2) is 4.79 Å². The molecule has 7 nitrogen and oxygen atoms in total. The third kappa shape index (κ3) is 4.50. The van der Waals surface area contributed by atoms with Crippen molar-refractivity contribution in [3.8, 4) is 0 Å². The predicted molar refractivity (Wildman–Crippen MR) is 101 cm³/mol. The van der Waals surface area contributed by atoms with Crippen LogP contribution in [-0.2, 0) is 9.53 Å². The van der Waals surface area contributed by atoms with E-state index in [1.54, 1.807) is 24.4 Å². The summed E-state index contributed by atoms with van der Waals surface area (Å²) < 4.78 is 4.81. The van der Waals surface area contributed by atoms with Crippen molar-refractivity contribution in [1.82, 2.24) is 15.6 Å². The normalized spacial score (nSPS) is 16.7. The number of anilines is 1. The summed E-state index contributed by atoms with van der Waals surface area (Å²) in [6.45, 7) is 1.88. The van der Waals surface area contributed by atoms with Crippen molar-refractivity contribution in [2.75, 3.05) is 32.1 Å². The van der Waals surface area contributed by atoms with Gasteiger partial charge < -0.3 is 20.7 Å². The first kappa shape index (κ1) is 21.0. The standard InChI is InChI=1S/C16H18N4O3.2ClH/c1-23-16(22)11-4-5-12(14-10(11)3-2-6-18-14)20-13-9-17-7-8-19-15(13)21;;/h2-6,13,17,20H,7-9H2,1H3,(H,19,21);2*1H. The Morgan fingerprint density at radius 3 is 2.84 bits per heavy atom. The van der Waals surface area contributed by atoms with Crippen LogP contribution in [0.3, 0.4) is 0 Å². The molecule has 3 rings (SSSR count). The van der Waals surface area contributed by atoms with Crippen molar-refractivity contribution in [2.24, 2.45) is 0 Å². The van der Waals surface area contributed by atoms with Crippen molar-refractivity contribution >= 4 is 53.3 Å². The lowest BCUT2D eigenvalue weighted by Gasteiger charge is -2.18. The summed E-state index contributed by atoms with van der Waals surface area (Å²) in [7, 11) is 1.35. The second kappa shape index (κ2) is 9.41. The number of benzene rings is 1. The Hall–Kier alpha value is -2.09. The Balaban J connectivity index is 0.00000156. The summed E-state index contributed by atoms with van der Waals surface area (Å²) in [5.41, 5.74) is 1.79. The Labute approximate surface area is 157 Å². The second-order valence-electron chi connectivity index (χ2n) is 5.24. The molecule has 0 saturated carbocycles. The number of nitrogens with zero attached hydrogens (tertiary/aromatic N) is 1. The molecule has 0 spiro atoms. The van der Waals surface area contributed by atoms with Gasteiger partial charge in [-0.15, -0.1) is 24.8 Å². The average Bonchev–Trinajstić information content (AvgIpc) is 2.79. The van der Waals surface area contributed by atoms with Crippen molar-refractivity contribution in [1.29, 1.82) is 0 Å². The van der Waals surface area contributed by atoms with Crippen molar-refractivity contribution in [2.45, 2.75) is 6.04 Å². The second-order valence-corrected chi connectivity index (χ2v) is 5.24. The van der Waals surface area contributed by atoms with Crippen LogP contribution in [0.4, 0.5) is 5.69 Å². The Morgan fingerprint density at radius 2 is 2.08 bits per heavy atom. The zero-order valence-corrected chi connectivity index (χ0v) is 15.2. The molecule has 136 valence electrons. The van der Waals surface area contributed by atoms with E-state index in [0.29, 0.717) is 35.2 Å². The number of hydrogen-bond acceptors (Lipinski definition) is 6. The van der Waals surface area contributed by atoms with Crippen LogP contribution >= 0.6 is 24.8 Å². The first-order valence-electron chi connectivity index (χ1n) is 7.41. The summed E-state index contributed by atoms with van der Waals surface area (Å²) in [5, 5.41) is 9.93. The van der Waals surface area contributed by atoms with Crippen LogP contribution in [0.25, 0.3) is 10.9 Å². The number of carbonyl (C=O) groups is 2. The Morgan fingerprint density at radius 1 is 1.28 bits per heavy atom. The molecule has 1 amide bonds. The molecule has 1 aliphatic rings. The number of ether oxygens (including phenoxy) is 1. The van der Waals surface area contributed by atoms with Crippen LogP contribution in [0.1, 0.15) is 10.4 Å². The number of hydrogen-bond donors (Lipinski definition) is 3. The summed E-state index contributed by atoms with van der Waals surface area (Å²) >= 11 is 0. The van der Waals surface area contributed by atoms with E-state index in [4.69, 9.17) is 4.74 Å². The van der Waals surface area contributed by atoms with Crippen LogP contribution in [-0.4, -0.2) is 49.6 Å². The maximum absolute atomic E-state index is 12.1. The highest BCUT2D eigenvalue weighted by Crippen LogP contribution is 2.26. The topological polar surface area (TPSA) is 92.4 Å². The van der Waals surface area contributed by atoms with E-state index in [0.717, 1.165) is 6.54 Å². The molecule has 0 bridgehead atoms. The maximum atomic E-state index is 12.1. The molecule has 1 unspecified atom stereocenters. The van der Waals surface area contributed by atoms with Crippen LogP contribution in [0.5, 0.6) is 0 Å². The minimum Gasteiger partial charge on any atom is -0.465 e. The summed E-state index contributed by atoms with van der Waals surface area (Å²) in [6.07, 6.45) is 1.65. The molecule has 1 fully saturated rings. The average molecular weight is 387 g/mol. The number of aromatic nitrogens is 1. The van der Waals surface area contributed by atoms with Gasteiger partial charge in [0.15, 0.2) is 0 Å². The zero-order valence-electron chi connectivity index (χ0n) is 13.6. The molecular formula is C16H20Cl2N4O3. The molecule has 2 aromatic rings. The molecule has 1 aromatic carbocycles. The fraction of sp³-hybridized carbons (Fsp3) is 0.312. The number of esters is 1. The van der Waals surface area contributed by atoms with E-state index in [2.05, 4.69) is 20.9 Å². The largest absolute Gasteiger partial charge is 0.465 e. The number of fused-ring (bicyclic) bond motifs is 1. The van der Waals surface area contributed by atoms with Crippen LogP contribution < -0.4 is 16.0 Å². The van der Waals surface area contributed by atoms with E-state index < -0.39 is 12.0 Å². The highest BCUT2D eigenvalue weighted by Gasteiger charge is 2.22. The third-order valence-corrected chi connectivity index (χ3v) is 3.77. The van der Waals surface area contributed by atoms with Gasteiger partial charge in [-0.05, 0) is 18.2 Å². The van der Waals surface area contributed by atoms with Gasteiger partial charge in [-0.3, -0.25) is 9.78 Å². The summed E-state index contributed by atoms with van der Waals surface area (Å²) in [4.78, 5) is 28.3. The van der Waals surface area contributed by atoms with Crippen molar-refractivity contribution in [3.05, 3.63) is 36.0 Å². The summed E-state index contributed by atoms with van der Waals surface area (Å²) in [6, 6.07) is 6.61. The molecule has 9 heteroatoms. The zero-order chi connectivity index (χ0) is 16.2. The van der Waals surface area contributed by atoms with E-state index in [1.807, 2.05) is 6.07 Å². The fourth-order valence-electron chi connectivity index (χ4n) is 2.62. The van der Waals surface area contributed by atoms with Gasteiger partial charge in [0.05, 0.1) is 23.9 Å².